The van der Waals surface area contributed by atoms with Gasteiger partial charge >= 0.3 is 0 Å². The van der Waals surface area contributed by atoms with Gasteiger partial charge in [-0.05, 0) is 28.7 Å². The number of halogens is 1. The molecule has 0 aliphatic carbocycles. The van der Waals surface area contributed by atoms with Crippen LogP contribution in [-0.4, -0.2) is 7.11 Å². The summed E-state index contributed by atoms with van der Waals surface area (Å²) in [7, 11) is 1.65. The summed E-state index contributed by atoms with van der Waals surface area (Å²) >= 11 is 2.19. The fourth-order valence-electron chi connectivity index (χ4n) is 0.572. The number of ether oxygens (including phenoxy) is 1. The third-order valence-electron chi connectivity index (χ3n) is 0.908. The van der Waals surface area contributed by atoms with Crippen LogP contribution < -0.4 is 0 Å². The van der Waals surface area contributed by atoms with Gasteiger partial charge in [0.05, 0.1) is 3.57 Å². The molecule has 2 nitrogen and oxygen atoms in total. The molecule has 0 aliphatic rings. The molecule has 1 rings (SSSR count). The average Bonchev–Trinajstić information content (AvgIpc) is 2.17. The summed E-state index contributed by atoms with van der Waals surface area (Å²) in [5.74, 6) is 0.877. The maximum absolute atomic E-state index is 5.07. The van der Waals surface area contributed by atoms with E-state index in [2.05, 4.69) is 22.6 Å². The molecule has 0 fully saturated rings. The van der Waals surface area contributed by atoms with Crippen molar-refractivity contribution in [1.82, 2.24) is 0 Å². The van der Waals surface area contributed by atoms with E-state index in [0.29, 0.717) is 6.61 Å². The van der Waals surface area contributed by atoms with E-state index in [9.17, 15) is 0 Å². The van der Waals surface area contributed by atoms with Gasteiger partial charge in [-0.1, -0.05) is 0 Å². The van der Waals surface area contributed by atoms with Crippen LogP contribution in [0.4, 0.5) is 0 Å². The predicted molar refractivity (Wildman–Crippen MR) is 42.1 cm³/mol. The van der Waals surface area contributed by atoms with Crippen LogP contribution in [0, 0.1) is 3.57 Å². The highest BCUT2D eigenvalue weighted by atomic mass is 127. The van der Waals surface area contributed by atoms with Crippen LogP contribution in [0.25, 0.3) is 0 Å². The largest absolute Gasteiger partial charge is 0.466 e. The zero-order chi connectivity index (χ0) is 6.69. The molecule has 50 valence electrons. The number of furan rings is 1. The molecule has 0 spiro atoms. The van der Waals surface area contributed by atoms with E-state index < -0.39 is 0 Å². The molecule has 9 heavy (non-hydrogen) atoms. The second kappa shape index (κ2) is 3.22. The van der Waals surface area contributed by atoms with Crippen molar-refractivity contribution in [1.29, 1.82) is 0 Å². The minimum atomic E-state index is 0.559. The molecular formula is C6H7IO2. The van der Waals surface area contributed by atoms with Crippen molar-refractivity contribution in [2.45, 2.75) is 6.61 Å². The lowest BCUT2D eigenvalue weighted by Crippen LogP contribution is -1.81. The molecule has 1 aromatic rings. The first kappa shape index (κ1) is 7.08. The van der Waals surface area contributed by atoms with Crippen molar-refractivity contribution in [2.24, 2.45) is 0 Å². The van der Waals surface area contributed by atoms with Crippen LogP contribution in [0.3, 0.4) is 0 Å². The molecule has 1 aromatic heterocycles. The maximum atomic E-state index is 5.07. The third kappa shape index (κ3) is 1.98. The summed E-state index contributed by atoms with van der Waals surface area (Å²) in [6.45, 7) is 0.559. The van der Waals surface area contributed by atoms with Gasteiger partial charge in [-0.3, -0.25) is 0 Å². The summed E-state index contributed by atoms with van der Waals surface area (Å²) in [5.41, 5.74) is 0. The molecule has 0 aromatic carbocycles. The maximum Gasteiger partial charge on any atom is 0.130 e. The van der Waals surface area contributed by atoms with Gasteiger partial charge in [0.15, 0.2) is 0 Å². The van der Waals surface area contributed by atoms with Gasteiger partial charge in [0.2, 0.25) is 0 Å². The Kier molecular flexibility index (Phi) is 2.53. The molecule has 1 heterocycles. The first-order valence-electron chi connectivity index (χ1n) is 2.55. The molecule has 0 atom stereocenters. The second-order valence-electron chi connectivity index (χ2n) is 1.66. The first-order chi connectivity index (χ1) is 4.33. The van der Waals surface area contributed by atoms with Gasteiger partial charge in [0, 0.05) is 7.11 Å². The molecule has 0 saturated heterocycles. The van der Waals surface area contributed by atoms with Gasteiger partial charge in [-0.2, -0.15) is 0 Å². The van der Waals surface area contributed by atoms with Crippen molar-refractivity contribution < 1.29 is 9.15 Å². The zero-order valence-corrected chi connectivity index (χ0v) is 7.21. The molecular weight excluding hydrogens is 231 g/mol. The summed E-state index contributed by atoms with van der Waals surface area (Å²) in [6.07, 6.45) is 1.70. The zero-order valence-electron chi connectivity index (χ0n) is 5.06. The fourth-order valence-corrected chi connectivity index (χ4v) is 1.05. The minimum Gasteiger partial charge on any atom is -0.466 e. The molecule has 0 saturated carbocycles. The van der Waals surface area contributed by atoms with Gasteiger partial charge in [0.1, 0.15) is 18.6 Å². The molecule has 0 radical (unpaired) electrons. The summed E-state index contributed by atoms with van der Waals surface area (Å²) < 4.78 is 11.0. The van der Waals surface area contributed by atoms with E-state index in [1.807, 2.05) is 6.07 Å². The summed E-state index contributed by atoms with van der Waals surface area (Å²) in [4.78, 5) is 0. The van der Waals surface area contributed by atoms with Crippen LogP contribution in [0.5, 0.6) is 0 Å². The molecule has 0 bridgehead atoms. The molecule has 3 heteroatoms. The Labute approximate surface area is 67.3 Å². The van der Waals surface area contributed by atoms with Crippen LogP contribution >= 0.6 is 22.6 Å². The molecule has 0 aliphatic heterocycles. The first-order valence-corrected chi connectivity index (χ1v) is 3.62. The quantitative estimate of drug-likeness (QED) is 0.735. The highest BCUT2D eigenvalue weighted by molar-refractivity contribution is 14.1. The Bertz CT molecular complexity index is 183. The second-order valence-corrected chi connectivity index (χ2v) is 2.91. The predicted octanol–water partition coefficient (Wildman–Crippen LogP) is 2.03. The van der Waals surface area contributed by atoms with Gasteiger partial charge in [-0.25, -0.2) is 0 Å². The molecule has 0 N–H and O–H groups in total. The minimum absolute atomic E-state index is 0.559. The van der Waals surface area contributed by atoms with Crippen molar-refractivity contribution >= 4 is 22.6 Å². The van der Waals surface area contributed by atoms with Crippen LogP contribution in [0.2, 0.25) is 0 Å². The Balaban J connectivity index is 2.61. The van der Waals surface area contributed by atoms with E-state index in [1.54, 1.807) is 13.4 Å². The van der Waals surface area contributed by atoms with Crippen molar-refractivity contribution in [3.05, 3.63) is 21.7 Å². The van der Waals surface area contributed by atoms with Gasteiger partial charge in [-0.15, -0.1) is 0 Å². The monoisotopic (exact) mass is 238 g/mol. The van der Waals surface area contributed by atoms with E-state index >= 15 is 0 Å². The Morgan fingerprint density at radius 3 is 3.00 bits per heavy atom. The highest BCUT2D eigenvalue weighted by Gasteiger charge is 1.95. The molecule has 0 unspecified atom stereocenters. The lowest BCUT2D eigenvalue weighted by Gasteiger charge is -1.88. The summed E-state index contributed by atoms with van der Waals surface area (Å²) in [6, 6.07) is 1.95. The number of hydrogen-bond acceptors (Lipinski definition) is 2. The van der Waals surface area contributed by atoms with Crippen LogP contribution in [0.1, 0.15) is 5.76 Å². The number of methoxy groups -OCH3 is 1. The topological polar surface area (TPSA) is 22.4 Å². The van der Waals surface area contributed by atoms with E-state index in [-0.39, 0.29) is 0 Å². The molecule has 0 amide bonds. The lowest BCUT2D eigenvalue weighted by atomic mass is 10.5. The van der Waals surface area contributed by atoms with Crippen molar-refractivity contribution in [2.75, 3.05) is 7.11 Å². The number of rotatable bonds is 2. The SMILES string of the molecule is COCc1cc(I)co1. The Morgan fingerprint density at radius 1 is 1.78 bits per heavy atom. The van der Waals surface area contributed by atoms with Gasteiger partial charge < -0.3 is 9.15 Å². The Morgan fingerprint density at radius 2 is 2.56 bits per heavy atom. The van der Waals surface area contributed by atoms with Crippen LogP contribution in [0.15, 0.2) is 16.7 Å². The lowest BCUT2D eigenvalue weighted by molar-refractivity contribution is 0.164. The third-order valence-corrected chi connectivity index (χ3v) is 1.47. The standard InChI is InChI=1S/C6H7IO2/c1-8-4-6-2-5(7)3-9-6/h2-3H,4H2,1H3. The smallest absolute Gasteiger partial charge is 0.130 e. The fraction of sp³-hybridized carbons (Fsp3) is 0.333. The van der Waals surface area contributed by atoms with Gasteiger partial charge in [0.25, 0.3) is 0 Å². The Hall–Kier alpha value is -0.0300. The number of hydrogen-bond donors (Lipinski definition) is 0. The van der Waals surface area contributed by atoms with Crippen molar-refractivity contribution in [3.63, 3.8) is 0 Å². The summed E-state index contributed by atoms with van der Waals surface area (Å²) in [5, 5.41) is 0. The van der Waals surface area contributed by atoms with E-state index in [1.165, 1.54) is 0 Å². The van der Waals surface area contributed by atoms with E-state index in [4.69, 9.17) is 9.15 Å². The van der Waals surface area contributed by atoms with Crippen LogP contribution in [-0.2, 0) is 11.3 Å². The normalized spacial score (nSPS) is 10.0. The van der Waals surface area contributed by atoms with E-state index in [0.717, 1.165) is 9.33 Å². The highest BCUT2D eigenvalue weighted by Crippen LogP contribution is 2.10. The van der Waals surface area contributed by atoms with Crippen molar-refractivity contribution in [3.8, 4) is 0 Å². The average molecular weight is 238 g/mol.